The molecule has 0 saturated carbocycles. The van der Waals surface area contributed by atoms with Crippen molar-refractivity contribution in [2.24, 2.45) is 0 Å². The van der Waals surface area contributed by atoms with E-state index in [1.54, 1.807) is 11.0 Å². The number of hydrogen-bond acceptors (Lipinski definition) is 6. The molecule has 1 fully saturated rings. The highest BCUT2D eigenvalue weighted by Gasteiger charge is 2.30. The van der Waals surface area contributed by atoms with Gasteiger partial charge in [0.1, 0.15) is 24.2 Å². The number of carbonyl (C=O) groups excluding carboxylic acids is 1. The van der Waals surface area contributed by atoms with Gasteiger partial charge in [0.25, 0.3) is 5.91 Å². The molecule has 1 saturated heterocycles. The smallest absolute Gasteiger partial charge is 0.257 e. The SMILES string of the molecule is CCCN1CC(Oc2ccc3c(c2)OCCN(CC(O)CN2CCc4ccccc4C2)C3=O)C1. The number of hydrogen-bond donors (Lipinski definition) is 1. The predicted octanol–water partition coefficient (Wildman–Crippen LogP) is 2.41. The van der Waals surface area contributed by atoms with Crippen molar-refractivity contribution in [3.05, 3.63) is 59.2 Å². The van der Waals surface area contributed by atoms with Crippen LogP contribution in [0.1, 0.15) is 34.8 Å². The van der Waals surface area contributed by atoms with E-state index >= 15 is 0 Å². The summed E-state index contributed by atoms with van der Waals surface area (Å²) in [5, 5.41) is 10.8. The zero-order chi connectivity index (χ0) is 23.5. The molecule has 1 amide bonds. The van der Waals surface area contributed by atoms with E-state index in [0.29, 0.717) is 37.6 Å². The van der Waals surface area contributed by atoms with Crippen molar-refractivity contribution < 1.29 is 19.4 Å². The quantitative estimate of drug-likeness (QED) is 0.646. The third kappa shape index (κ3) is 5.22. The molecule has 34 heavy (non-hydrogen) atoms. The fraction of sp³-hybridized carbons (Fsp3) is 0.519. The zero-order valence-corrected chi connectivity index (χ0v) is 20.0. The molecule has 182 valence electrons. The Morgan fingerprint density at radius 2 is 1.91 bits per heavy atom. The second kappa shape index (κ2) is 10.3. The highest BCUT2D eigenvalue weighted by molar-refractivity contribution is 5.97. The van der Waals surface area contributed by atoms with Gasteiger partial charge in [0.2, 0.25) is 0 Å². The maximum absolute atomic E-state index is 13.2. The van der Waals surface area contributed by atoms with Gasteiger partial charge in [-0.15, -0.1) is 0 Å². The number of aliphatic hydroxyl groups is 1. The van der Waals surface area contributed by atoms with Gasteiger partial charge in [0.15, 0.2) is 0 Å². The van der Waals surface area contributed by atoms with Crippen molar-refractivity contribution in [2.45, 2.75) is 38.5 Å². The molecular formula is C27H35N3O4. The lowest BCUT2D eigenvalue weighted by Crippen LogP contribution is -2.53. The molecule has 2 aromatic rings. The monoisotopic (exact) mass is 465 g/mol. The van der Waals surface area contributed by atoms with Gasteiger partial charge in [0.05, 0.1) is 18.2 Å². The molecule has 0 bridgehead atoms. The van der Waals surface area contributed by atoms with Crippen LogP contribution in [0.3, 0.4) is 0 Å². The minimum atomic E-state index is -0.608. The molecule has 1 N–H and O–H groups in total. The number of β-amino-alcohol motifs (C(OH)–C–C–N with tert-alkyl or cyclic N) is 1. The first kappa shape index (κ1) is 23.1. The average Bonchev–Trinajstić information content (AvgIpc) is 2.96. The molecule has 0 spiro atoms. The zero-order valence-electron chi connectivity index (χ0n) is 20.0. The Morgan fingerprint density at radius 1 is 1.09 bits per heavy atom. The average molecular weight is 466 g/mol. The Hall–Kier alpha value is -2.61. The van der Waals surface area contributed by atoms with Crippen molar-refractivity contribution >= 4 is 5.91 Å². The van der Waals surface area contributed by atoms with Crippen molar-refractivity contribution in [2.75, 3.05) is 52.4 Å². The number of likely N-dealkylation sites (tertiary alicyclic amines) is 1. The Balaban J connectivity index is 1.16. The Bertz CT molecular complexity index is 1010. The van der Waals surface area contributed by atoms with Crippen molar-refractivity contribution in [3.8, 4) is 11.5 Å². The summed E-state index contributed by atoms with van der Waals surface area (Å²) in [6, 6.07) is 14.0. The predicted molar refractivity (Wildman–Crippen MR) is 130 cm³/mol. The second-order valence-corrected chi connectivity index (χ2v) is 9.66. The number of benzene rings is 2. The van der Waals surface area contributed by atoms with E-state index in [-0.39, 0.29) is 12.0 Å². The molecule has 1 unspecified atom stereocenters. The standard InChI is InChI=1S/C27H35N3O4/c1-2-10-28-18-24(19-28)34-23-7-8-25-26(14-23)33-13-12-30(27(25)32)17-22(31)16-29-11-9-20-5-3-4-6-21(20)15-29/h3-8,14,22,24,31H,2,9-13,15-19H2,1H3. The molecule has 3 aliphatic rings. The summed E-state index contributed by atoms with van der Waals surface area (Å²) in [5.74, 6) is 1.21. The molecule has 0 radical (unpaired) electrons. The van der Waals surface area contributed by atoms with E-state index < -0.39 is 6.10 Å². The number of amides is 1. The van der Waals surface area contributed by atoms with Crippen LogP contribution < -0.4 is 9.47 Å². The van der Waals surface area contributed by atoms with Crippen LogP contribution in [-0.2, 0) is 13.0 Å². The molecule has 3 aliphatic heterocycles. The molecule has 0 aromatic heterocycles. The van der Waals surface area contributed by atoms with Crippen LogP contribution in [-0.4, -0.2) is 90.3 Å². The molecule has 5 rings (SSSR count). The largest absolute Gasteiger partial charge is 0.491 e. The maximum atomic E-state index is 13.2. The summed E-state index contributed by atoms with van der Waals surface area (Å²) in [5.41, 5.74) is 3.25. The maximum Gasteiger partial charge on any atom is 0.257 e. The highest BCUT2D eigenvalue weighted by atomic mass is 16.5. The van der Waals surface area contributed by atoms with Crippen LogP contribution in [0.2, 0.25) is 0 Å². The summed E-state index contributed by atoms with van der Waals surface area (Å²) >= 11 is 0. The topological polar surface area (TPSA) is 65.5 Å². The first-order chi connectivity index (χ1) is 16.6. The summed E-state index contributed by atoms with van der Waals surface area (Å²) in [6.45, 7) is 8.65. The van der Waals surface area contributed by atoms with Crippen LogP contribution in [0.15, 0.2) is 42.5 Å². The van der Waals surface area contributed by atoms with Crippen LogP contribution >= 0.6 is 0 Å². The molecule has 3 heterocycles. The van der Waals surface area contributed by atoms with Gasteiger partial charge >= 0.3 is 0 Å². The van der Waals surface area contributed by atoms with Gasteiger partial charge in [0, 0.05) is 45.3 Å². The minimum Gasteiger partial charge on any atom is -0.491 e. The van der Waals surface area contributed by atoms with Crippen molar-refractivity contribution in [3.63, 3.8) is 0 Å². The van der Waals surface area contributed by atoms with Crippen LogP contribution in [0, 0.1) is 0 Å². The van der Waals surface area contributed by atoms with Gasteiger partial charge in [-0.05, 0) is 42.6 Å². The number of fused-ring (bicyclic) bond motifs is 2. The van der Waals surface area contributed by atoms with Crippen molar-refractivity contribution in [1.29, 1.82) is 0 Å². The first-order valence-corrected chi connectivity index (χ1v) is 12.5. The number of nitrogens with zero attached hydrogens (tertiary/aromatic N) is 3. The molecular weight excluding hydrogens is 430 g/mol. The first-order valence-electron chi connectivity index (χ1n) is 12.5. The third-order valence-electron chi connectivity index (χ3n) is 6.97. The fourth-order valence-electron chi connectivity index (χ4n) is 5.19. The molecule has 7 heteroatoms. The van der Waals surface area contributed by atoms with Gasteiger partial charge in [-0.1, -0.05) is 31.2 Å². The van der Waals surface area contributed by atoms with E-state index in [4.69, 9.17) is 9.47 Å². The van der Waals surface area contributed by atoms with E-state index in [0.717, 1.165) is 51.3 Å². The van der Waals surface area contributed by atoms with E-state index in [2.05, 4.69) is 41.0 Å². The van der Waals surface area contributed by atoms with Crippen LogP contribution in [0.5, 0.6) is 11.5 Å². The minimum absolute atomic E-state index is 0.0974. The second-order valence-electron chi connectivity index (χ2n) is 9.66. The highest BCUT2D eigenvalue weighted by Crippen LogP contribution is 2.30. The number of ether oxygens (including phenoxy) is 2. The number of rotatable bonds is 8. The lowest BCUT2D eigenvalue weighted by molar-refractivity contribution is 0.0201. The normalized spacial score (nSPS) is 20.1. The summed E-state index contributed by atoms with van der Waals surface area (Å²) in [7, 11) is 0. The molecule has 0 aliphatic carbocycles. The molecule has 7 nitrogen and oxygen atoms in total. The summed E-state index contributed by atoms with van der Waals surface area (Å²) in [6.07, 6.45) is 1.73. The van der Waals surface area contributed by atoms with Gasteiger partial charge in [-0.25, -0.2) is 0 Å². The Morgan fingerprint density at radius 3 is 2.74 bits per heavy atom. The molecule has 1 atom stereocenters. The van der Waals surface area contributed by atoms with Gasteiger partial charge in [-0.3, -0.25) is 14.6 Å². The van der Waals surface area contributed by atoms with Crippen LogP contribution in [0.25, 0.3) is 0 Å². The van der Waals surface area contributed by atoms with Gasteiger partial charge < -0.3 is 19.5 Å². The Kier molecular flexibility index (Phi) is 7.04. The summed E-state index contributed by atoms with van der Waals surface area (Å²) < 4.78 is 12.0. The van der Waals surface area contributed by atoms with Gasteiger partial charge in [-0.2, -0.15) is 0 Å². The Labute approximate surface area is 201 Å². The lowest BCUT2D eigenvalue weighted by atomic mass is 10.00. The van der Waals surface area contributed by atoms with E-state index in [1.807, 2.05) is 12.1 Å². The van der Waals surface area contributed by atoms with Crippen LogP contribution in [0.4, 0.5) is 0 Å². The summed E-state index contributed by atoms with van der Waals surface area (Å²) in [4.78, 5) is 19.6. The third-order valence-corrected chi connectivity index (χ3v) is 6.97. The van der Waals surface area contributed by atoms with E-state index in [1.165, 1.54) is 11.1 Å². The van der Waals surface area contributed by atoms with Crippen molar-refractivity contribution in [1.82, 2.24) is 14.7 Å². The fourth-order valence-corrected chi connectivity index (χ4v) is 5.19. The molecule has 2 aromatic carbocycles. The number of carbonyl (C=O) groups is 1. The number of aliphatic hydroxyl groups excluding tert-OH is 1. The van der Waals surface area contributed by atoms with E-state index in [9.17, 15) is 9.90 Å². The lowest BCUT2D eigenvalue weighted by Gasteiger charge is -2.38.